The molecule has 0 saturated carbocycles. The van der Waals surface area contributed by atoms with Crippen molar-refractivity contribution in [3.63, 3.8) is 0 Å². The van der Waals surface area contributed by atoms with E-state index in [9.17, 15) is 34.7 Å². The second kappa shape index (κ2) is 7.95. The molecule has 1 aromatic heterocycles. The molecule has 1 heterocycles. The molecule has 9 nitrogen and oxygen atoms in total. The van der Waals surface area contributed by atoms with Gasteiger partial charge in [-0.1, -0.05) is 0 Å². The third-order valence-corrected chi connectivity index (χ3v) is 3.80. The summed E-state index contributed by atoms with van der Waals surface area (Å²) in [4.78, 5) is 18.3. The van der Waals surface area contributed by atoms with Crippen molar-refractivity contribution in [2.24, 2.45) is 0 Å². The van der Waals surface area contributed by atoms with Gasteiger partial charge in [0.05, 0.1) is 23.7 Å². The maximum absolute atomic E-state index is 13.1. The maximum atomic E-state index is 13.1. The third-order valence-electron chi connectivity index (χ3n) is 3.80. The summed E-state index contributed by atoms with van der Waals surface area (Å²) >= 11 is 0. The van der Waals surface area contributed by atoms with E-state index in [1.54, 1.807) is 0 Å². The van der Waals surface area contributed by atoms with Gasteiger partial charge in [-0.3, -0.25) is 4.79 Å². The van der Waals surface area contributed by atoms with E-state index in [4.69, 9.17) is 5.11 Å². The fourth-order valence-electron chi connectivity index (χ4n) is 2.32. The van der Waals surface area contributed by atoms with Crippen LogP contribution in [-0.4, -0.2) is 77.7 Å². The molecule has 138 valence electrons. The summed E-state index contributed by atoms with van der Waals surface area (Å²) in [6.45, 7) is -0.858. The van der Waals surface area contributed by atoms with Crippen LogP contribution >= 0.6 is 0 Å². The van der Waals surface area contributed by atoms with Gasteiger partial charge in [-0.25, -0.2) is 9.37 Å². The molecule has 5 atom stereocenters. The van der Waals surface area contributed by atoms with Crippen LogP contribution < -0.4 is 5.56 Å². The van der Waals surface area contributed by atoms with E-state index in [0.29, 0.717) is 0 Å². The van der Waals surface area contributed by atoms with E-state index >= 15 is 0 Å². The number of aliphatic hydroxyl groups is 6. The van der Waals surface area contributed by atoms with Crippen LogP contribution in [-0.2, 0) is 6.42 Å². The number of H-pyrrole nitrogens is 1. The first kappa shape index (κ1) is 19.4. The van der Waals surface area contributed by atoms with Gasteiger partial charge in [0.25, 0.3) is 5.56 Å². The lowest BCUT2D eigenvalue weighted by atomic mass is 9.97. The maximum Gasteiger partial charge on any atom is 0.270 e. The van der Waals surface area contributed by atoms with Gasteiger partial charge in [-0.05, 0) is 18.2 Å². The SMILES string of the molecule is O=c1[nH]c2cc(F)ccc2nc1C[C@@H](O)[C@@H](O)[C@@H](O)[C@H](O)[C@H](O)CO. The van der Waals surface area contributed by atoms with Crippen LogP contribution in [0.25, 0.3) is 11.0 Å². The predicted molar refractivity (Wildman–Crippen MR) is 83.1 cm³/mol. The Morgan fingerprint density at radius 2 is 1.68 bits per heavy atom. The lowest BCUT2D eigenvalue weighted by Crippen LogP contribution is -2.50. The van der Waals surface area contributed by atoms with E-state index in [1.165, 1.54) is 6.07 Å². The van der Waals surface area contributed by atoms with Gasteiger partial charge < -0.3 is 35.6 Å². The number of benzene rings is 1. The van der Waals surface area contributed by atoms with Crippen molar-refractivity contribution in [1.29, 1.82) is 0 Å². The van der Waals surface area contributed by atoms with Crippen molar-refractivity contribution in [3.05, 3.63) is 40.1 Å². The summed E-state index contributed by atoms with van der Waals surface area (Å²) in [5.74, 6) is -0.562. The summed E-state index contributed by atoms with van der Waals surface area (Å²) in [5, 5.41) is 57.1. The Morgan fingerprint density at radius 3 is 2.32 bits per heavy atom. The molecule has 0 aliphatic heterocycles. The highest BCUT2D eigenvalue weighted by Crippen LogP contribution is 2.13. The van der Waals surface area contributed by atoms with E-state index in [0.717, 1.165) is 12.1 Å². The number of hydrogen-bond acceptors (Lipinski definition) is 8. The molecule has 0 fully saturated rings. The quantitative estimate of drug-likeness (QED) is 0.283. The van der Waals surface area contributed by atoms with Crippen LogP contribution in [0.4, 0.5) is 4.39 Å². The van der Waals surface area contributed by atoms with Crippen LogP contribution in [0.15, 0.2) is 23.0 Å². The van der Waals surface area contributed by atoms with Gasteiger partial charge in [0.2, 0.25) is 0 Å². The highest BCUT2D eigenvalue weighted by molar-refractivity contribution is 5.73. The van der Waals surface area contributed by atoms with Crippen LogP contribution in [0.1, 0.15) is 5.69 Å². The molecule has 0 aliphatic carbocycles. The molecule has 1 aromatic carbocycles. The number of aromatic amines is 1. The van der Waals surface area contributed by atoms with E-state index in [2.05, 4.69) is 9.97 Å². The molecule has 0 amide bonds. The molecule has 0 bridgehead atoms. The Kier molecular flexibility index (Phi) is 6.16. The topological polar surface area (TPSA) is 167 Å². The Hall–Kier alpha value is -1.95. The van der Waals surface area contributed by atoms with Gasteiger partial charge in [0, 0.05) is 6.42 Å². The fourth-order valence-corrected chi connectivity index (χ4v) is 2.32. The molecule has 0 unspecified atom stereocenters. The van der Waals surface area contributed by atoms with Crippen molar-refractivity contribution in [2.45, 2.75) is 36.9 Å². The normalized spacial score (nSPS) is 17.9. The Labute approximate surface area is 140 Å². The van der Waals surface area contributed by atoms with Gasteiger partial charge in [0.1, 0.15) is 35.9 Å². The highest BCUT2D eigenvalue weighted by Gasteiger charge is 2.34. The first-order valence-corrected chi connectivity index (χ1v) is 7.44. The van der Waals surface area contributed by atoms with Crippen molar-refractivity contribution in [3.8, 4) is 0 Å². The summed E-state index contributed by atoms with van der Waals surface area (Å²) in [7, 11) is 0. The summed E-state index contributed by atoms with van der Waals surface area (Å²) in [6.07, 6.45) is -9.66. The standard InChI is InChI=1S/C15H19FN2O7/c16-6-1-2-7-8(3-6)18-15(25)9(17-7)4-10(20)12(22)14(24)13(23)11(21)5-19/h1-3,10-14,19-24H,4-5H2,(H,18,25)/t10-,11-,12-,13-,14-/m1/s1. The summed E-state index contributed by atoms with van der Waals surface area (Å²) in [5.41, 5.74) is -0.468. The van der Waals surface area contributed by atoms with Crippen LogP contribution in [0.3, 0.4) is 0 Å². The van der Waals surface area contributed by atoms with Gasteiger partial charge in [0.15, 0.2) is 0 Å². The minimum absolute atomic E-state index is 0.158. The summed E-state index contributed by atoms with van der Waals surface area (Å²) < 4.78 is 13.1. The lowest BCUT2D eigenvalue weighted by Gasteiger charge is -2.28. The van der Waals surface area contributed by atoms with Crippen molar-refractivity contribution < 1.29 is 35.0 Å². The monoisotopic (exact) mass is 358 g/mol. The van der Waals surface area contributed by atoms with Crippen LogP contribution in [0.2, 0.25) is 0 Å². The minimum Gasteiger partial charge on any atom is -0.394 e. The lowest BCUT2D eigenvalue weighted by molar-refractivity contribution is -0.139. The smallest absolute Gasteiger partial charge is 0.270 e. The average molecular weight is 358 g/mol. The highest BCUT2D eigenvalue weighted by atomic mass is 19.1. The Balaban J connectivity index is 2.18. The zero-order valence-corrected chi connectivity index (χ0v) is 12.9. The van der Waals surface area contributed by atoms with E-state index in [1.807, 2.05) is 0 Å². The molecule has 25 heavy (non-hydrogen) atoms. The third kappa shape index (κ3) is 4.37. The molecule has 2 aromatic rings. The molecule has 10 heteroatoms. The number of aromatic nitrogens is 2. The van der Waals surface area contributed by atoms with Crippen molar-refractivity contribution in [2.75, 3.05) is 6.61 Å². The fraction of sp³-hybridized carbons (Fsp3) is 0.467. The zero-order valence-electron chi connectivity index (χ0n) is 12.9. The number of aliphatic hydroxyl groups excluding tert-OH is 6. The Morgan fingerprint density at radius 1 is 1.04 bits per heavy atom. The number of nitrogens with one attached hydrogen (secondary N) is 1. The summed E-state index contributed by atoms with van der Waals surface area (Å²) in [6, 6.07) is 3.54. The first-order valence-electron chi connectivity index (χ1n) is 7.44. The van der Waals surface area contributed by atoms with Gasteiger partial charge in [-0.2, -0.15) is 0 Å². The van der Waals surface area contributed by atoms with Crippen molar-refractivity contribution in [1.82, 2.24) is 9.97 Å². The Bertz CT molecular complexity index is 784. The van der Waals surface area contributed by atoms with Crippen LogP contribution in [0.5, 0.6) is 0 Å². The number of fused-ring (bicyclic) bond motifs is 1. The molecular formula is C15H19FN2O7. The average Bonchev–Trinajstić information content (AvgIpc) is 2.59. The van der Waals surface area contributed by atoms with E-state index in [-0.39, 0.29) is 16.7 Å². The van der Waals surface area contributed by atoms with Crippen LogP contribution in [0, 0.1) is 5.82 Å². The number of rotatable bonds is 7. The predicted octanol–water partition coefficient (Wildman–Crippen LogP) is -2.60. The molecule has 0 saturated heterocycles. The van der Waals surface area contributed by atoms with E-state index < -0.39 is 54.9 Å². The second-order valence-electron chi connectivity index (χ2n) is 5.67. The number of hydrogen-bond donors (Lipinski definition) is 7. The number of halogens is 1. The largest absolute Gasteiger partial charge is 0.394 e. The minimum atomic E-state index is -1.97. The second-order valence-corrected chi connectivity index (χ2v) is 5.67. The zero-order chi connectivity index (χ0) is 18.7. The number of nitrogens with zero attached hydrogens (tertiary/aromatic N) is 1. The molecule has 0 aliphatic rings. The molecule has 0 spiro atoms. The van der Waals surface area contributed by atoms with Gasteiger partial charge in [-0.15, -0.1) is 0 Å². The van der Waals surface area contributed by atoms with Gasteiger partial charge >= 0.3 is 0 Å². The molecule has 2 rings (SSSR count). The molecule has 7 N–H and O–H groups in total. The first-order chi connectivity index (χ1) is 11.7. The molecule has 0 radical (unpaired) electrons. The van der Waals surface area contributed by atoms with Crippen molar-refractivity contribution >= 4 is 11.0 Å². The molecular weight excluding hydrogens is 339 g/mol.